The van der Waals surface area contributed by atoms with Crippen molar-refractivity contribution < 1.29 is 9.53 Å². The number of Topliss-reactive ketones (excluding diaryl/α,β-unsaturated/α-hetero) is 1. The van der Waals surface area contributed by atoms with Gasteiger partial charge < -0.3 is 4.74 Å². The molecule has 0 radical (unpaired) electrons. The van der Waals surface area contributed by atoms with Gasteiger partial charge in [0, 0.05) is 5.41 Å². The van der Waals surface area contributed by atoms with Crippen LogP contribution < -0.4 is 0 Å². The molecule has 0 aromatic rings. The minimum Gasteiger partial charge on any atom is -0.369 e. The van der Waals surface area contributed by atoms with Crippen molar-refractivity contribution in [3.63, 3.8) is 0 Å². The lowest BCUT2D eigenvalue weighted by Crippen LogP contribution is -2.51. The molecular formula is C19H36O2. The number of carbonyl (C=O) groups excluding carboxylic acids is 1. The maximum atomic E-state index is 13.6. The molecule has 1 aliphatic rings. The average Bonchev–Trinajstić information content (AvgIpc) is 3.18. The monoisotopic (exact) mass is 296 g/mol. The molecule has 21 heavy (non-hydrogen) atoms. The number of ether oxygens (including phenoxy) is 1. The molecule has 0 aromatic heterocycles. The Morgan fingerprint density at radius 1 is 1.14 bits per heavy atom. The van der Waals surface area contributed by atoms with Gasteiger partial charge in [0.05, 0.1) is 12.0 Å². The van der Waals surface area contributed by atoms with E-state index in [0.717, 1.165) is 32.3 Å². The molecule has 2 heteroatoms. The summed E-state index contributed by atoms with van der Waals surface area (Å²) in [6, 6.07) is 0. The number of ketones is 1. The second-order valence-electron chi connectivity index (χ2n) is 7.93. The fourth-order valence-electron chi connectivity index (χ4n) is 4.18. The first-order chi connectivity index (χ1) is 9.63. The lowest BCUT2D eigenvalue weighted by Gasteiger charge is -2.45. The molecule has 1 saturated heterocycles. The van der Waals surface area contributed by atoms with Gasteiger partial charge in [-0.05, 0) is 51.4 Å². The van der Waals surface area contributed by atoms with Crippen LogP contribution in [0.2, 0.25) is 0 Å². The highest BCUT2D eigenvalue weighted by molar-refractivity contribution is 5.91. The van der Waals surface area contributed by atoms with E-state index in [0.29, 0.717) is 17.6 Å². The van der Waals surface area contributed by atoms with Crippen LogP contribution in [-0.2, 0) is 9.53 Å². The lowest BCUT2D eigenvalue weighted by molar-refractivity contribution is -0.146. The van der Waals surface area contributed by atoms with Crippen molar-refractivity contribution in [2.45, 2.75) is 86.7 Å². The van der Waals surface area contributed by atoms with E-state index < -0.39 is 0 Å². The molecule has 0 bridgehead atoms. The summed E-state index contributed by atoms with van der Waals surface area (Å²) in [6.45, 7) is 18.2. The topological polar surface area (TPSA) is 29.6 Å². The van der Waals surface area contributed by atoms with Crippen LogP contribution in [0.1, 0.15) is 81.1 Å². The highest BCUT2D eigenvalue weighted by Crippen LogP contribution is 2.54. The summed E-state index contributed by atoms with van der Waals surface area (Å²) in [6.07, 6.45) is 3.84. The zero-order valence-electron chi connectivity index (χ0n) is 15.5. The summed E-state index contributed by atoms with van der Waals surface area (Å²) in [4.78, 5) is 13.6. The van der Waals surface area contributed by atoms with Gasteiger partial charge in [0.15, 0.2) is 0 Å². The molecule has 0 aromatic carbocycles. The molecule has 0 aliphatic carbocycles. The van der Waals surface area contributed by atoms with Gasteiger partial charge in [0.2, 0.25) is 0 Å². The predicted octanol–water partition coefficient (Wildman–Crippen LogP) is 5.25. The third-order valence-electron chi connectivity index (χ3n) is 6.44. The molecule has 3 atom stereocenters. The molecule has 1 aliphatic heterocycles. The Morgan fingerprint density at radius 3 is 1.90 bits per heavy atom. The van der Waals surface area contributed by atoms with E-state index in [1.54, 1.807) is 0 Å². The van der Waals surface area contributed by atoms with E-state index >= 15 is 0 Å². The maximum absolute atomic E-state index is 13.6. The van der Waals surface area contributed by atoms with E-state index in [1.807, 2.05) is 0 Å². The SMILES string of the molecule is CCC(CC)(C(=O)C(C)(CC)C1(C)CO1)C(C)CC(C)C. The minimum absolute atomic E-state index is 0.204. The third-order valence-corrected chi connectivity index (χ3v) is 6.44. The first-order valence-electron chi connectivity index (χ1n) is 8.82. The molecule has 3 unspecified atom stereocenters. The van der Waals surface area contributed by atoms with Crippen LogP contribution in [0.4, 0.5) is 0 Å². The summed E-state index contributed by atoms with van der Waals surface area (Å²) >= 11 is 0. The molecule has 0 amide bonds. The van der Waals surface area contributed by atoms with E-state index in [4.69, 9.17) is 4.74 Å². The van der Waals surface area contributed by atoms with Crippen LogP contribution in [0.3, 0.4) is 0 Å². The number of hydrogen-bond donors (Lipinski definition) is 0. The molecule has 2 nitrogen and oxygen atoms in total. The van der Waals surface area contributed by atoms with Gasteiger partial charge in [-0.15, -0.1) is 0 Å². The van der Waals surface area contributed by atoms with E-state index in [1.165, 1.54) is 0 Å². The van der Waals surface area contributed by atoms with E-state index in [9.17, 15) is 4.79 Å². The molecule has 0 saturated carbocycles. The second kappa shape index (κ2) is 6.40. The van der Waals surface area contributed by atoms with Crippen molar-refractivity contribution in [3.05, 3.63) is 0 Å². The van der Waals surface area contributed by atoms with Gasteiger partial charge in [-0.2, -0.15) is 0 Å². The predicted molar refractivity (Wildman–Crippen MR) is 89.4 cm³/mol. The quantitative estimate of drug-likeness (QED) is 0.544. The van der Waals surface area contributed by atoms with Gasteiger partial charge in [-0.25, -0.2) is 0 Å². The van der Waals surface area contributed by atoms with Crippen LogP contribution in [0.15, 0.2) is 0 Å². The molecule has 0 N–H and O–H groups in total. The molecule has 124 valence electrons. The van der Waals surface area contributed by atoms with Crippen LogP contribution in [0, 0.1) is 22.7 Å². The molecular weight excluding hydrogens is 260 g/mol. The average molecular weight is 296 g/mol. The number of rotatable bonds is 9. The van der Waals surface area contributed by atoms with E-state index in [-0.39, 0.29) is 16.4 Å². The minimum atomic E-state index is -0.357. The first kappa shape index (κ1) is 18.7. The highest BCUT2D eigenvalue weighted by atomic mass is 16.6. The third kappa shape index (κ3) is 3.06. The largest absolute Gasteiger partial charge is 0.369 e. The van der Waals surface area contributed by atoms with Crippen LogP contribution in [0.5, 0.6) is 0 Å². The fourth-order valence-corrected chi connectivity index (χ4v) is 4.18. The van der Waals surface area contributed by atoms with Gasteiger partial charge in [0.25, 0.3) is 0 Å². The summed E-state index contributed by atoms with van der Waals surface area (Å²) in [5, 5.41) is 0. The Bertz CT molecular complexity index is 364. The van der Waals surface area contributed by atoms with E-state index in [2.05, 4.69) is 55.4 Å². The second-order valence-corrected chi connectivity index (χ2v) is 7.93. The van der Waals surface area contributed by atoms with Crippen molar-refractivity contribution in [2.24, 2.45) is 22.7 Å². The van der Waals surface area contributed by atoms with Crippen LogP contribution >= 0.6 is 0 Å². The van der Waals surface area contributed by atoms with Crippen molar-refractivity contribution in [2.75, 3.05) is 6.61 Å². The zero-order valence-corrected chi connectivity index (χ0v) is 15.5. The summed E-state index contributed by atoms with van der Waals surface area (Å²) < 4.78 is 5.70. The van der Waals surface area contributed by atoms with Crippen molar-refractivity contribution in [1.82, 2.24) is 0 Å². The number of hydrogen-bond acceptors (Lipinski definition) is 2. The van der Waals surface area contributed by atoms with Crippen molar-refractivity contribution in [3.8, 4) is 0 Å². The highest BCUT2D eigenvalue weighted by Gasteiger charge is 2.62. The van der Waals surface area contributed by atoms with Crippen LogP contribution in [0.25, 0.3) is 0 Å². The molecule has 1 heterocycles. The summed E-state index contributed by atoms with van der Waals surface area (Å²) in [7, 11) is 0. The normalized spacial score (nSPS) is 26.5. The maximum Gasteiger partial charge on any atom is 0.148 e. The van der Waals surface area contributed by atoms with Gasteiger partial charge in [-0.3, -0.25) is 4.79 Å². The Balaban J connectivity index is 3.17. The molecule has 1 rings (SSSR count). The Labute approximate surface area is 132 Å². The molecule has 0 spiro atoms. The van der Waals surface area contributed by atoms with Gasteiger partial charge in [0.1, 0.15) is 11.4 Å². The summed E-state index contributed by atoms with van der Waals surface area (Å²) in [5.41, 5.74) is -0.805. The standard InChI is InChI=1S/C19H36O2/c1-9-17(7,18(8)13-21-18)16(20)19(10-2,11-3)15(6)12-14(4)5/h14-15H,9-13H2,1-8H3. The first-order valence-corrected chi connectivity index (χ1v) is 8.82. The van der Waals surface area contributed by atoms with Gasteiger partial charge >= 0.3 is 0 Å². The number of epoxide rings is 1. The Hall–Kier alpha value is -0.370. The molecule has 1 fully saturated rings. The van der Waals surface area contributed by atoms with Crippen molar-refractivity contribution in [1.29, 1.82) is 0 Å². The fraction of sp³-hybridized carbons (Fsp3) is 0.947. The Kier molecular flexibility index (Phi) is 5.69. The lowest BCUT2D eigenvalue weighted by atomic mass is 9.57. The van der Waals surface area contributed by atoms with Crippen molar-refractivity contribution >= 4 is 5.78 Å². The smallest absolute Gasteiger partial charge is 0.148 e. The van der Waals surface area contributed by atoms with Crippen LogP contribution in [-0.4, -0.2) is 18.0 Å². The Morgan fingerprint density at radius 2 is 1.62 bits per heavy atom. The number of carbonyl (C=O) groups is 1. The van der Waals surface area contributed by atoms with Gasteiger partial charge in [-0.1, -0.05) is 41.5 Å². The zero-order chi connectivity index (χ0) is 16.5. The summed E-state index contributed by atoms with van der Waals surface area (Å²) in [5.74, 6) is 1.50.